The van der Waals surface area contributed by atoms with Gasteiger partial charge in [-0.05, 0) is 0 Å². The Kier molecular flexibility index (Phi) is 14.0. The van der Waals surface area contributed by atoms with E-state index in [4.69, 9.17) is 59.0 Å². The van der Waals surface area contributed by atoms with Crippen LogP contribution in [0.4, 0.5) is 17.7 Å². The molecular formula is C33H44N15O24P4+. The van der Waals surface area contributed by atoms with Crippen LogP contribution in [0.5, 0.6) is 0 Å². The first-order chi connectivity index (χ1) is 35.7. The fraction of sp³-hybridized carbons (Fsp3) is 0.545. The molecule has 4 saturated heterocycles. The van der Waals surface area contributed by atoms with Crippen LogP contribution < -0.4 is 32.9 Å². The minimum absolute atomic E-state index is 0.0228. The van der Waals surface area contributed by atoms with E-state index in [0.717, 1.165) is 24.3 Å². The number of nitrogens with zero attached hydrogens (tertiary/aromatic N) is 10. The van der Waals surface area contributed by atoms with Gasteiger partial charge in [0.05, 0.1) is 46.1 Å². The summed E-state index contributed by atoms with van der Waals surface area (Å²) in [7, 11) is -20.8. The van der Waals surface area contributed by atoms with Gasteiger partial charge in [-0.25, -0.2) is 42.8 Å². The zero-order valence-electron chi connectivity index (χ0n) is 38.6. The molecule has 4 fully saturated rings. The summed E-state index contributed by atoms with van der Waals surface area (Å²) in [6, 6.07) is 0. The number of aryl methyl sites for hydroxylation is 1. The topological polar surface area (TPSA) is 551 Å². The Bertz CT molecular complexity index is 3560. The summed E-state index contributed by atoms with van der Waals surface area (Å²) >= 11 is 0. The van der Waals surface area contributed by atoms with Gasteiger partial charge < -0.3 is 75.8 Å². The van der Waals surface area contributed by atoms with Crippen LogP contribution >= 0.6 is 31.3 Å². The lowest BCUT2D eigenvalue weighted by Gasteiger charge is -2.32. The average Bonchev–Trinajstić information content (AvgIpc) is 4.26. The van der Waals surface area contributed by atoms with Gasteiger partial charge in [-0.1, -0.05) is 4.98 Å². The number of aliphatic hydroxyl groups is 3. The van der Waals surface area contributed by atoms with Crippen LogP contribution in [0.3, 0.4) is 0 Å². The number of H-pyrrole nitrogens is 2. The van der Waals surface area contributed by atoms with E-state index < -0.39 is 142 Å². The molecule has 0 radical (unpaired) electrons. The number of methoxy groups -OCH3 is 1. The lowest BCUT2D eigenvalue weighted by molar-refractivity contribution is -0.745. The molecule has 39 nitrogen and oxygen atoms in total. The molecule has 4 aliphatic heterocycles. The van der Waals surface area contributed by atoms with Gasteiger partial charge in [0.25, 0.3) is 17.1 Å². The maximum Gasteiger partial charge on any atom is 0.490 e. The summed E-state index contributed by atoms with van der Waals surface area (Å²) in [6.45, 7) is -3.91. The van der Waals surface area contributed by atoms with Crippen LogP contribution in [-0.4, -0.2) is 176 Å². The first-order valence-electron chi connectivity index (χ1n) is 21.6. The molecule has 0 spiro atoms. The van der Waals surface area contributed by atoms with Crippen molar-refractivity contribution in [2.45, 2.75) is 73.1 Å². The predicted molar refractivity (Wildman–Crippen MR) is 242 cm³/mol. The molecule has 0 amide bonds. The SMILES string of the molecule is CO[C@@H]1C(O)[C@H]([n+]2cn(C)c3c(=O)[nH]c(N)nc32)O[C@@H]1COP(=O)(O)OP(=O)(O)OP(=O)(O)OC[C@]12CO[C@@H](C1OP(=O)(O)OC[C@H]1O[C@@H](n3cnc4c(=O)[nH]c(N)nc43)[C@@H](O)C1O)[C@H](n1cnc3c(N)ncnc31)O2. The number of aromatic nitrogens is 12. The van der Waals surface area contributed by atoms with Gasteiger partial charge in [-0.15, -0.1) is 0 Å². The number of aromatic amines is 2. The number of imidazole rings is 3. The van der Waals surface area contributed by atoms with Gasteiger partial charge in [-0.2, -0.15) is 13.6 Å². The van der Waals surface area contributed by atoms with E-state index in [2.05, 4.69) is 48.5 Å². The highest BCUT2D eigenvalue weighted by molar-refractivity contribution is 7.66. The molecule has 16 atom stereocenters. The van der Waals surface area contributed by atoms with Crippen molar-refractivity contribution in [1.82, 2.24) is 53.6 Å². The van der Waals surface area contributed by atoms with Crippen LogP contribution in [0, 0.1) is 0 Å². The van der Waals surface area contributed by atoms with Crippen molar-refractivity contribution < 1.29 is 108 Å². The zero-order chi connectivity index (χ0) is 54.6. The maximum atomic E-state index is 13.7. The summed E-state index contributed by atoms with van der Waals surface area (Å²) in [4.78, 5) is 96.4. The Hall–Kier alpha value is -5.15. The number of nitrogen functional groups attached to an aromatic ring is 3. The summed E-state index contributed by atoms with van der Waals surface area (Å²) in [5.74, 6) is -0.658. The van der Waals surface area contributed by atoms with Crippen molar-refractivity contribution in [2.24, 2.45) is 7.05 Å². The number of aliphatic hydroxyl groups excluding tert-OH is 3. The van der Waals surface area contributed by atoms with E-state index in [-0.39, 0.29) is 51.2 Å². The Labute approximate surface area is 420 Å². The fourth-order valence-corrected chi connectivity index (χ4v) is 13.6. The highest BCUT2D eigenvalue weighted by Crippen LogP contribution is 2.68. The smallest absolute Gasteiger partial charge is 0.387 e. The molecule has 414 valence electrons. The highest BCUT2D eigenvalue weighted by Gasteiger charge is 2.66. The van der Waals surface area contributed by atoms with Crippen LogP contribution in [0.25, 0.3) is 33.5 Å². The number of ether oxygens (including phenoxy) is 5. The van der Waals surface area contributed by atoms with Gasteiger partial charge in [0.2, 0.25) is 17.7 Å². The minimum atomic E-state index is -6.19. The molecule has 6 aromatic heterocycles. The van der Waals surface area contributed by atoms with Crippen molar-refractivity contribution in [3.8, 4) is 0 Å². The second-order valence-corrected chi connectivity index (χ2v) is 23.2. The normalized spacial score (nSPS) is 31.8. The number of phosphoric ester groups is 3. The van der Waals surface area contributed by atoms with E-state index in [1.54, 1.807) is 0 Å². The number of hydrogen-bond donors (Lipinski definition) is 12. The summed E-state index contributed by atoms with van der Waals surface area (Å²) in [5, 5.41) is 32.9. The fourth-order valence-electron chi connectivity index (χ4n) is 9.01. The van der Waals surface area contributed by atoms with E-state index >= 15 is 0 Å². The molecule has 2 bridgehead atoms. The monoisotopic (exact) mass is 1160 g/mol. The van der Waals surface area contributed by atoms with Crippen LogP contribution in [-0.2, 0) is 75.7 Å². The van der Waals surface area contributed by atoms with Gasteiger partial charge in [0, 0.05) is 7.11 Å². The Balaban J connectivity index is 0.813. The molecule has 10 heterocycles. The first-order valence-corrected chi connectivity index (χ1v) is 27.6. The van der Waals surface area contributed by atoms with Crippen LogP contribution in [0.2, 0.25) is 0 Å². The third-order valence-corrected chi connectivity index (χ3v) is 17.5. The minimum Gasteiger partial charge on any atom is -0.387 e. The van der Waals surface area contributed by atoms with E-state index in [1.165, 1.54) is 33.4 Å². The van der Waals surface area contributed by atoms with Crippen LogP contribution in [0.15, 0.2) is 34.9 Å². The molecule has 15 N–H and O–H groups in total. The van der Waals surface area contributed by atoms with Gasteiger partial charge in [0.1, 0.15) is 66.3 Å². The summed E-state index contributed by atoms with van der Waals surface area (Å²) in [5.41, 5.74) is 13.4. The number of nitrogens with one attached hydrogen (secondary N) is 2. The number of rotatable bonds is 19. The van der Waals surface area contributed by atoms with Crippen molar-refractivity contribution in [2.75, 3.05) is 50.7 Å². The van der Waals surface area contributed by atoms with Crippen molar-refractivity contribution in [3.63, 3.8) is 0 Å². The molecule has 10 rings (SSSR count). The summed E-state index contributed by atoms with van der Waals surface area (Å²) in [6.07, 6.45) is -12.5. The Morgan fingerprint density at radius 3 is 2.14 bits per heavy atom. The van der Waals surface area contributed by atoms with E-state index in [0.29, 0.717) is 0 Å². The largest absolute Gasteiger partial charge is 0.490 e. The number of anilines is 3. The van der Waals surface area contributed by atoms with Gasteiger partial charge >= 0.3 is 36.9 Å². The van der Waals surface area contributed by atoms with Crippen LogP contribution in [0.1, 0.15) is 18.7 Å². The van der Waals surface area contributed by atoms with E-state index in [9.17, 15) is 62.7 Å². The molecular weight excluding hydrogens is 1110 g/mol. The molecule has 0 aliphatic carbocycles. The molecule has 0 aromatic carbocycles. The lowest BCUT2D eigenvalue weighted by atomic mass is 10.0. The third-order valence-electron chi connectivity index (χ3n) is 12.3. The van der Waals surface area contributed by atoms with Gasteiger partial charge in [0.15, 0.2) is 41.4 Å². The maximum absolute atomic E-state index is 13.7. The standard InChI is InChI=1S/C33H43N15O24P4/c1-45-10-48(25-15(45)27(53)44-32(36)42-25)29-18(51)19(62-2)12(68-29)4-65-74(56,57)71-76(60,61)72-75(58,59)66-6-33-5-63-20(30(69-33)46-8-39-13-22(34)37-7-38-23(13)46)21(33)70-73(54,55)64-3-11-16(49)17(50)28(67-11)47-9-40-14-24(47)41-31(35)43-26(14)52/h7-12,16-21,28-30,49-51H,3-6H2,1-2H3,(H11-,34,35,36,37,38,41,42,43,44,52,53,54,55,56,57,58,59,60,61)/p+1/t11-,12-,16?,17+,18?,19+,20+,21?,28-,29-,30-,33-/m1/s1. The number of hydrogen-bond acceptors (Lipinski definition) is 29. The number of nitrogens with two attached hydrogens (primary N) is 3. The zero-order valence-corrected chi connectivity index (χ0v) is 42.1. The highest BCUT2D eigenvalue weighted by atomic mass is 31.3. The Morgan fingerprint density at radius 2 is 1.42 bits per heavy atom. The Morgan fingerprint density at radius 1 is 0.776 bits per heavy atom. The van der Waals surface area contributed by atoms with E-state index in [1.807, 2.05) is 0 Å². The molecule has 6 aromatic rings. The molecule has 76 heavy (non-hydrogen) atoms. The van der Waals surface area contributed by atoms with Crippen molar-refractivity contribution >= 4 is 82.5 Å². The second kappa shape index (κ2) is 19.6. The predicted octanol–water partition coefficient (Wildman–Crippen LogP) is -4.30. The second-order valence-electron chi connectivity index (χ2n) is 17.2. The van der Waals surface area contributed by atoms with Crippen molar-refractivity contribution in [3.05, 3.63) is 46.0 Å². The third kappa shape index (κ3) is 10.0. The van der Waals surface area contributed by atoms with Gasteiger partial charge in [-0.3, -0.25) is 51.4 Å². The first kappa shape index (κ1) is 54.2. The molecule has 0 saturated carbocycles. The average molecular weight is 1160 g/mol. The molecule has 7 unspecified atom stereocenters. The number of fused-ring (bicyclic) bond motifs is 5. The summed E-state index contributed by atoms with van der Waals surface area (Å²) < 4.78 is 116. The quantitative estimate of drug-likeness (QED) is 0.0270. The van der Waals surface area contributed by atoms with Crippen molar-refractivity contribution in [1.29, 1.82) is 0 Å². The number of phosphoric acid groups is 4. The molecule has 4 aliphatic rings. The lowest BCUT2D eigenvalue weighted by Crippen LogP contribution is -2.46. The molecule has 43 heteroatoms.